The molecular formula is C20H25N3O3S. The van der Waals surface area contributed by atoms with Crippen LogP contribution in [0.5, 0.6) is 0 Å². The zero-order valence-electron chi connectivity index (χ0n) is 16.1. The zero-order chi connectivity index (χ0) is 19.9. The Morgan fingerprint density at radius 2 is 1.93 bits per heavy atom. The molecule has 2 aromatic rings. The second kappa shape index (κ2) is 6.98. The number of nitrogens with zero attached hydrogens (tertiary/aromatic N) is 2. The molecule has 6 nitrogen and oxygen atoms in total. The molecule has 2 aromatic carbocycles. The van der Waals surface area contributed by atoms with Gasteiger partial charge in [-0.2, -0.15) is 0 Å². The number of carbonyl (C=O) groups excluding carboxylic acids is 1. The van der Waals surface area contributed by atoms with Gasteiger partial charge in [-0.1, -0.05) is 12.1 Å². The fraction of sp³-hybridized carbons (Fsp3) is 0.350. The molecule has 144 valence electrons. The number of rotatable bonds is 4. The first-order chi connectivity index (χ1) is 12.6. The number of aryl methyl sites for hydroxylation is 2. The van der Waals surface area contributed by atoms with Crippen LogP contribution >= 0.6 is 0 Å². The first-order valence-electron chi connectivity index (χ1n) is 8.84. The lowest BCUT2D eigenvalue weighted by atomic mass is 10.1. The Labute approximate surface area is 160 Å². The lowest BCUT2D eigenvalue weighted by Crippen LogP contribution is -2.42. The van der Waals surface area contributed by atoms with Gasteiger partial charge in [-0.3, -0.25) is 4.79 Å². The minimum Gasteiger partial charge on any atom is -0.365 e. The van der Waals surface area contributed by atoms with Gasteiger partial charge in [0.05, 0.1) is 11.4 Å². The number of benzene rings is 2. The standard InChI is InChI=1S/C20H25N3O3S/c1-13-5-6-14(2)19(9-13)22(4)12-20(24)23-15(3)10-16-11-17(27(21,25)26)7-8-18(16)23/h5-9,11,15H,10,12H2,1-4H3,(H2,21,25,26)/t15-/m0/s1. The third kappa shape index (κ3) is 3.84. The van der Waals surface area contributed by atoms with Crippen molar-refractivity contribution in [3.63, 3.8) is 0 Å². The van der Waals surface area contributed by atoms with Gasteiger partial charge in [0.1, 0.15) is 0 Å². The number of likely N-dealkylation sites (N-methyl/N-ethyl adjacent to an activating group) is 1. The van der Waals surface area contributed by atoms with E-state index in [-0.39, 0.29) is 23.4 Å². The molecular weight excluding hydrogens is 362 g/mol. The normalized spacial score (nSPS) is 16.3. The number of anilines is 2. The van der Waals surface area contributed by atoms with Crippen LogP contribution < -0.4 is 14.9 Å². The summed E-state index contributed by atoms with van der Waals surface area (Å²) in [6.07, 6.45) is 0.609. The molecule has 0 fully saturated rings. The van der Waals surface area contributed by atoms with E-state index < -0.39 is 10.0 Å². The Hall–Kier alpha value is -2.38. The number of fused-ring (bicyclic) bond motifs is 1. The van der Waals surface area contributed by atoms with Crippen LogP contribution in [0.3, 0.4) is 0 Å². The van der Waals surface area contributed by atoms with Gasteiger partial charge in [0.25, 0.3) is 0 Å². The Morgan fingerprint density at radius 1 is 1.22 bits per heavy atom. The quantitative estimate of drug-likeness (QED) is 0.873. The molecule has 0 spiro atoms. The molecule has 0 saturated carbocycles. The molecule has 1 atom stereocenters. The summed E-state index contributed by atoms with van der Waals surface area (Å²) >= 11 is 0. The second-order valence-corrected chi connectivity index (χ2v) is 8.86. The van der Waals surface area contributed by atoms with Gasteiger partial charge in [0.2, 0.25) is 15.9 Å². The van der Waals surface area contributed by atoms with Crippen molar-refractivity contribution in [1.82, 2.24) is 0 Å². The van der Waals surface area contributed by atoms with Crippen molar-refractivity contribution in [3.05, 3.63) is 53.1 Å². The third-order valence-electron chi connectivity index (χ3n) is 5.01. The third-order valence-corrected chi connectivity index (χ3v) is 5.92. The zero-order valence-corrected chi connectivity index (χ0v) is 16.9. The molecule has 2 N–H and O–H groups in total. The monoisotopic (exact) mass is 387 g/mol. The van der Waals surface area contributed by atoms with Crippen LogP contribution in [0, 0.1) is 13.8 Å². The van der Waals surface area contributed by atoms with Crippen molar-refractivity contribution in [3.8, 4) is 0 Å². The Balaban J connectivity index is 1.85. The molecule has 0 aromatic heterocycles. The van der Waals surface area contributed by atoms with Crippen LogP contribution in [0.2, 0.25) is 0 Å². The number of carbonyl (C=O) groups is 1. The van der Waals surface area contributed by atoms with Crippen LogP contribution in [0.15, 0.2) is 41.3 Å². The van der Waals surface area contributed by atoms with Crippen molar-refractivity contribution < 1.29 is 13.2 Å². The van der Waals surface area contributed by atoms with Gasteiger partial charge in [-0.15, -0.1) is 0 Å². The average molecular weight is 388 g/mol. The summed E-state index contributed by atoms with van der Waals surface area (Å²) in [7, 11) is -1.85. The number of sulfonamides is 1. The highest BCUT2D eigenvalue weighted by Gasteiger charge is 2.32. The van der Waals surface area contributed by atoms with Crippen molar-refractivity contribution in [2.75, 3.05) is 23.4 Å². The van der Waals surface area contributed by atoms with Gasteiger partial charge in [0, 0.05) is 24.5 Å². The number of amides is 1. The first-order valence-corrected chi connectivity index (χ1v) is 10.4. The Morgan fingerprint density at radius 3 is 2.59 bits per heavy atom. The SMILES string of the molecule is Cc1ccc(C)c(N(C)CC(=O)N2c3ccc(S(N)(=O)=O)cc3C[C@@H]2C)c1. The van der Waals surface area contributed by atoms with E-state index in [4.69, 9.17) is 5.14 Å². The lowest BCUT2D eigenvalue weighted by Gasteiger charge is -2.27. The maximum absolute atomic E-state index is 13.0. The van der Waals surface area contributed by atoms with Crippen LogP contribution in [0.1, 0.15) is 23.6 Å². The maximum Gasteiger partial charge on any atom is 0.246 e. The lowest BCUT2D eigenvalue weighted by molar-refractivity contribution is -0.117. The summed E-state index contributed by atoms with van der Waals surface area (Å²) in [6, 6.07) is 10.8. The highest BCUT2D eigenvalue weighted by Crippen LogP contribution is 2.34. The van der Waals surface area contributed by atoms with E-state index in [0.29, 0.717) is 6.42 Å². The van der Waals surface area contributed by atoms with Crippen LogP contribution in [0.4, 0.5) is 11.4 Å². The van der Waals surface area contributed by atoms with Gasteiger partial charge in [0.15, 0.2) is 0 Å². The highest BCUT2D eigenvalue weighted by molar-refractivity contribution is 7.89. The number of primary sulfonamides is 1. The predicted octanol–water partition coefficient (Wildman–Crippen LogP) is 2.36. The van der Waals surface area contributed by atoms with Crippen LogP contribution in [0.25, 0.3) is 0 Å². The number of hydrogen-bond acceptors (Lipinski definition) is 4. The van der Waals surface area contributed by atoms with Crippen molar-refractivity contribution in [1.29, 1.82) is 0 Å². The smallest absolute Gasteiger partial charge is 0.246 e. The summed E-state index contributed by atoms with van der Waals surface area (Å²) < 4.78 is 23.2. The fourth-order valence-corrected chi connectivity index (χ4v) is 4.22. The Kier molecular flexibility index (Phi) is 5.01. The topological polar surface area (TPSA) is 83.7 Å². The second-order valence-electron chi connectivity index (χ2n) is 7.30. The number of hydrogen-bond donors (Lipinski definition) is 1. The first kappa shape index (κ1) is 19.4. The minimum atomic E-state index is -3.76. The van der Waals surface area contributed by atoms with E-state index in [1.165, 1.54) is 6.07 Å². The van der Waals surface area contributed by atoms with E-state index in [0.717, 1.165) is 28.1 Å². The fourth-order valence-electron chi connectivity index (χ4n) is 3.66. The van der Waals surface area contributed by atoms with Gasteiger partial charge in [-0.25, -0.2) is 13.6 Å². The molecule has 0 bridgehead atoms. The summed E-state index contributed by atoms with van der Waals surface area (Å²) in [5.74, 6) is -0.0204. The van der Waals surface area contributed by atoms with Gasteiger partial charge in [-0.05, 0) is 68.1 Å². The summed E-state index contributed by atoms with van der Waals surface area (Å²) in [4.78, 5) is 16.8. The Bertz CT molecular complexity index is 1000. The number of nitrogens with two attached hydrogens (primary N) is 1. The van der Waals surface area contributed by atoms with E-state index in [1.54, 1.807) is 17.0 Å². The van der Waals surface area contributed by atoms with Crippen molar-refractivity contribution in [2.24, 2.45) is 5.14 Å². The maximum atomic E-state index is 13.0. The van der Waals surface area contributed by atoms with Crippen molar-refractivity contribution in [2.45, 2.75) is 38.1 Å². The van der Waals surface area contributed by atoms with Gasteiger partial charge < -0.3 is 9.80 Å². The molecule has 0 unspecified atom stereocenters. The van der Waals surface area contributed by atoms with E-state index in [2.05, 4.69) is 12.1 Å². The van der Waals surface area contributed by atoms with Crippen LogP contribution in [-0.2, 0) is 21.2 Å². The van der Waals surface area contributed by atoms with Crippen molar-refractivity contribution >= 4 is 27.3 Å². The largest absolute Gasteiger partial charge is 0.365 e. The summed E-state index contributed by atoms with van der Waals surface area (Å²) in [6.45, 7) is 6.26. The molecule has 0 saturated heterocycles. The molecule has 3 rings (SSSR count). The van der Waals surface area contributed by atoms with E-state index >= 15 is 0 Å². The van der Waals surface area contributed by atoms with Gasteiger partial charge >= 0.3 is 0 Å². The van der Waals surface area contributed by atoms with Crippen LogP contribution in [-0.4, -0.2) is 34.0 Å². The molecule has 1 aliphatic heterocycles. The molecule has 0 aliphatic carbocycles. The molecule has 1 amide bonds. The highest BCUT2D eigenvalue weighted by atomic mass is 32.2. The molecule has 1 heterocycles. The van der Waals surface area contributed by atoms with E-state index in [9.17, 15) is 13.2 Å². The average Bonchev–Trinajstić information content (AvgIpc) is 2.91. The van der Waals surface area contributed by atoms with E-state index in [1.807, 2.05) is 38.8 Å². The molecule has 1 aliphatic rings. The molecule has 0 radical (unpaired) electrons. The predicted molar refractivity (Wildman–Crippen MR) is 108 cm³/mol. The minimum absolute atomic E-state index is 0.0204. The molecule has 27 heavy (non-hydrogen) atoms. The summed E-state index contributed by atoms with van der Waals surface area (Å²) in [5, 5.41) is 5.22. The molecule has 7 heteroatoms. The summed E-state index contributed by atoms with van der Waals surface area (Å²) in [5.41, 5.74) is 4.87.